The summed E-state index contributed by atoms with van der Waals surface area (Å²) >= 11 is 0. The molecule has 1 aromatic carbocycles. The molecule has 104 valence electrons. The van der Waals surface area contributed by atoms with Gasteiger partial charge in [0.1, 0.15) is 6.61 Å². The lowest BCUT2D eigenvalue weighted by Crippen LogP contribution is -2.30. The van der Waals surface area contributed by atoms with Crippen molar-refractivity contribution in [2.75, 3.05) is 32.1 Å². The second kappa shape index (κ2) is 7.53. The maximum Gasteiger partial charge on any atom is 0.253 e. The number of rotatable bonds is 6. The molecule has 0 fully saturated rings. The maximum absolute atomic E-state index is 12.1. The van der Waals surface area contributed by atoms with Gasteiger partial charge in [-0.3, -0.25) is 9.59 Å². The molecule has 0 atom stereocenters. The first-order valence-electron chi connectivity index (χ1n) is 6.30. The zero-order chi connectivity index (χ0) is 14.3. The van der Waals surface area contributed by atoms with Gasteiger partial charge in [-0.15, -0.1) is 0 Å². The third kappa shape index (κ3) is 4.37. The van der Waals surface area contributed by atoms with Crippen molar-refractivity contribution in [2.24, 2.45) is 0 Å². The van der Waals surface area contributed by atoms with Crippen LogP contribution < -0.4 is 5.32 Å². The van der Waals surface area contributed by atoms with E-state index in [4.69, 9.17) is 4.74 Å². The molecule has 19 heavy (non-hydrogen) atoms. The van der Waals surface area contributed by atoms with Gasteiger partial charge in [-0.2, -0.15) is 0 Å². The van der Waals surface area contributed by atoms with Crippen molar-refractivity contribution >= 4 is 17.5 Å². The quantitative estimate of drug-likeness (QED) is 0.851. The molecular formula is C14H20N2O3. The normalized spacial score (nSPS) is 10.1. The summed E-state index contributed by atoms with van der Waals surface area (Å²) in [6, 6.07) is 6.85. The Morgan fingerprint density at radius 1 is 1.16 bits per heavy atom. The highest BCUT2D eigenvalue weighted by Gasteiger charge is 2.12. The average molecular weight is 264 g/mol. The van der Waals surface area contributed by atoms with Gasteiger partial charge in [0.25, 0.3) is 5.91 Å². The van der Waals surface area contributed by atoms with E-state index in [1.807, 2.05) is 13.8 Å². The molecule has 0 radical (unpaired) electrons. The van der Waals surface area contributed by atoms with Crippen molar-refractivity contribution < 1.29 is 14.3 Å². The highest BCUT2D eigenvalue weighted by atomic mass is 16.5. The van der Waals surface area contributed by atoms with Gasteiger partial charge in [0.15, 0.2) is 0 Å². The number of amides is 2. The topological polar surface area (TPSA) is 58.6 Å². The van der Waals surface area contributed by atoms with E-state index >= 15 is 0 Å². The third-order valence-electron chi connectivity index (χ3n) is 2.74. The molecule has 1 N–H and O–H groups in total. The number of nitrogens with one attached hydrogen (secondary N) is 1. The van der Waals surface area contributed by atoms with Gasteiger partial charge in [-0.25, -0.2) is 0 Å². The molecule has 5 nitrogen and oxygen atoms in total. The van der Waals surface area contributed by atoms with E-state index in [1.165, 1.54) is 7.11 Å². The summed E-state index contributed by atoms with van der Waals surface area (Å²) in [6.45, 7) is 5.27. The molecule has 0 heterocycles. The van der Waals surface area contributed by atoms with Gasteiger partial charge in [0.05, 0.1) is 0 Å². The summed E-state index contributed by atoms with van der Waals surface area (Å²) in [6.07, 6.45) is 0. The highest BCUT2D eigenvalue weighted by molar-refractivity contribution is 5.96. The standard InChI is InChI=1S/C14H20N2O3/c1-4-16(5-2)14(18)11-6-8-12(9-7-11)15-13(17)10-19-3/h6-9H,4-5,10H2,1-3H3,(H,15,17). The van der Waals surface area contributed by atoms with Crippen LogP contribution in [0.2, 0.25) is 0 Å². The number of carbonyl (C=O) groups excluding carboxylic acids is 2. The molecule has 0 aliphatic heterocycles. The second-order valence-electron chi connectivity index (χ2n) is 4.04. The summed E-state index contributed by atoms with van der Waals surface area (Å²) < 4.78 is 4.73. The van der Waals surface area contributed by atoms with E-state index in [-0.39, 0.29) is 18.4 Å². The smallest absolute Gasteiger partial charge is 0.253 e. The molecule has 0 aromatic heterocycles. The Morgan fingerprint density at radius 2 is 1.74 bits per heavy atom. The van der Waals surface area contributed by atoms with Gasteiger partial charge < -0.3 is 15.0 Å². The number of nitrogens with zero attached hydrogens (tertiary/aromatic N) is 1. The van der Waals surface area contributed by atoms with Crippen LogP contribution >= 0.6 is 0 Å². The first kappa shape index (κ1) is 15.2. The largest absolute Gasteiger partial charge is 0.375 e. The van der Waals surface area contributed by atoms with Crippen molar-refractivity contribution in [1.82, 2.24) is 4.90 Å². The first-order chi connectivity index (χ1) is 9.12. The Hall–Kier alpha value is -1.88. The van der Waals surface area contributed by atoms with Crippen LogP contribution in [-0.4, -0.2) is 43.5 Å². The number of hydrogen-bond donors (Lipinski definition) is 1. The third-order valence-corrected chi connectivity index (χ3v) is 2.74. The number of ether oxygens (including phenoxy) is 1. The van der Waals surface area contributed by atoms with Crippen molar-refractivity contribution in [2.45, 2.75) is 13.8 Å². The van der Waals surface area contributed by atoms with Crippen molar-refractivity contribution in [3.05, 3.63) is 29.8 Å². The molecule has 0 spiro atoms. The Kier molecular flexibility index (Phi) is 6.02. The van der Waals surface area contributed by atoms with Gasteiger partial charge in [-0.05, 0) is 38.1 Å². The molecule has 1 aromatic rings. The number of benzene rings is 1. The van der Waals surface area contributed by atoms with E-state index in [0.717, 1.165) is 0 Å². The number of hydrogen-bond acceptors (Lipinski definition) is 3. The zero-order valence-corrected chi connectivity index (χ0v) is 11.6. The molecule has 0 bridgehead atoms. The molecule has 0 saturated heterocycles. The van der Waals surface area contributed by atoms with Crippen LogP contribution in [0.4, 0.5) is 5.69 Å². The number of anilines is 1. The molecular weight excluding hydrogens is 244 g/mol. The summed E-state index contributed by atoms with van der Waals surface area (Å²) in [4.78, 5) is 25.1. The summed E-state index contributed by atoms with van der Waals surface area (Å²) in [5.41, 5.74) is 1.27. The number of methoxy groups -OCH3 is 1. The molecule has 0 saturated carbocycles. The predicted octanol–water partition coefficient (Wildman–Crippen LogP) is 1.75. The SMILES string of the molecule is CCN(CC)C(=O)c1ccc(NC(=O)COC)cc1. The molecule has 2 amide bonds. The van der Waals surface area contributed by atoms with E-state index in [1.54, 1.807) is 29.2 Å². The van der Waals surface area contributed by atoms with Gasteiger partial charge in [0.2, 0.25) is 5.91 Å². The average Bonchev–Trinajstić information content (AvgIpc) is 2.41. The summed E-state index contributed by atoms with van der Waals surface area (Å²) in [5.74, 6) is -0.218. The van der Waals surface area contributed by atoms with Crippen molar-refractivity contribution in [3.63, 3.8) is 0 Å². The fourth-order valence-electron chi connectivity index (χ4n) is 1.72. The summed E-state index contributed by atoms with van der Waals surface area (Å²) in [5, 5.41) is 2.68. The highest BCUT2D eigenvalue weighted by Crippen LogP contribution is 2.11. The summed E-state index contributed by atoms with van der Waals surface area (Å²) in [7, 11) is 1.46. The van der Waals surface area contributed by atoms with E-state index in [9.17, 15) is 9.59 Å². The number of carbonyl (C=O) groups is 2. The van der Waals surface area contributed by atoms with E-state index in [0.29, 0.717) is 24.3 Å². The van der Waals surface area contributed by atoms with Gasteiger partial charge in [0, 0.05) is 31.5 Å². The molecule has 5 heteroatoms. The molecule has 1 rings (SSSR count). The Balaban J connectivity index is 2.70. The van der Waals surface area contributed by atoms with Crippen LogP contribution in [0, 0.1) is 0 Å². The second-order valence-corrected chi connectivity index (χ2v) is 4.04. The predicted molar refractivity (Wildman–Crippen MR) is 74.2 cm³/mol. The van der Waals surface area contributed by atoms with Crippen LogP contribution in [0.15, 0.2) is 24.3 Å². The van der Waals surface area contributed by atoms with Crippen LogP contribution in [0.5, 0.6) is 0 Å². The Labute approximate surface area is 113 Å². The Bertz CT molecular complexity index is 425. The van der Waals surface area contributed by atoms with Crippen LogP contribution in [0.3, 0.4) is 0 Å². The lowest BCUT2D eigenvalue weighted by atomic mass is 10.2. The van der Waals surface area contributed by atoms with Crippen LogP contribution in [0.25, 0.3) is 0 Å². The van der Waals surface area contributed by atoms with Gasteiger partial charge in [-0.1, -0.05) is 0 Å². The molecule has 0 aliphatic rings. The van der Waals surface area contributed by atoms with E-state index < -0.39 is 0 Å². The fraction of sp³-hybridized carbons (Fsp3) is 0.429. The minimum Gasteiger partial charge on any atom is -0.375 e. The molecule has 0 aliphatic carbocycles. The maximum atomic E-state index is 12.1. The minimum absolute atomic E-state index is 0.000215. The first-order valence-corrected chi connectivity index (χ1v) is 6.30. The fourth-order valence-corrected chi connectivity index (χ4v) is 1.72. The van der Waals surface area contributed by atoms with Gasteiger partial charge >= 0.3 is 0 Å². The zero-order valence-electron chi connectivity index (χ0n) is 11.6. The molecule has 0 unspecified atom stereocenters. The van der Waals surface area contributed by atoms with Crippen molar-refractivity contribution in [1.29, 1.82) is 0 Å². The lowest BCUT2D eigenvalue weighted by Gasteiger charge is -2.18. The van der Waals surface area contributed by atoms with Crippen molar-refractivity contribution in [3.8, 4) is 0 Å². The minimum atomic E-state index is -0.217. The Morgan fingerprint density at radius 3 is 2.21 bits per heavy atom. The monoisotopic (exact) mass is 264 g/mol. The van der Waals surface area contributed by atoms with E-state index in [2.05, 4.69) is 5.32 Å². The van der Waals surface area contributed by atoms with Crippen LogP contribution in [0.1, 0.15) is 24.2 Å². The van der Waals surface area contributed by atoms with Crippen LogP contribution in [-0.2, 0) is 9.53 Å². The lowest BCUT2D eigenvalue weighted by molar-refractivity contribution is -0.119.